The summed E-state index contributed by atoms with van der Waals surface area (Å²) in [5.41, 5.74) is 0.605. The smallest absolute Gasteiger partial charge is 0.145 e. The number of hydrogen-bond donors (Lipinski definition) is 2. The molecule has 0 spiro atoms. The van der Waals surface area contributed by atoms with Crippen LogP contribution in [0.5, 0.6) is 0 Å². The molecular weight excluding hydrogens is 171 g/mol. The molecule has 2 N–H and O–H groups in total. The van der Waals surface area contributed by atoms with Gasteiger partial charge in [0.15, 0.2) is 0 Å². The maximum atomic E-state index is 12.9. The Bertz CT molecular complexity index is 255. The number of hydrogen-bond acceptors (Lipinski definition) is 3. The molecule has 1 aromatic rings. The summed E-state index contributed by atoms with van der Waals surface area (Å²) in [6.07, 6.45) is 3.45. The van der Waals surface area contributed by atoms with Crippen LogP contribution in [0.25, 0.3) is 0 Å². The van der Waals surface area contributed by atoms with Crippen molar-refractivity contribution in [3.05, 3.63) is 29.8 Å². The van der Waals surface area contributed by atoms with Crippen LogP contribution < -0.4 is 5.32 Å². The van der Waals surface area contributed by atoms with Gasteiger partial charge in [-0.05, 0) is 19.0 Å². The first-order valence-corrected chi connectivity index (χ1v) is 4.24. The highest BCUT2D eigenvalue weighted by Crippen LogP contribution is 2.02. The summed E-state index contributed by atoms with van der Waals surface area (Å²) in [7, 11) is 0. The lowest BCUT2D eigenvalue weighted by atomic mass is 10.2. The van der Waals surface area contributed by atoms with E-state index in [1.165, 1.54) is 6.20 Å². The van der Waals surface area contributed by atoms with Crippen molar-refractivity contribution >= 4 is 0 Å². The largest absolute Gasteiger partial charge is 0.396 e. The number of aliphatic hydroxyl groups excluding tert-OH is 1. The summed E-state index contributed by atoms with van der Waals surface area (Å²) in [5, 5.41) is 11.5. The first-order valence-electron chi connectivity index (χ1n) is 4.24. The number of nitrogens with zero attached hydrogens (tertiary/aromatic N) is 1. The molecule has 0 unspecified atom stereocenters. The third-order valence-corrected chi connectivity index (χ3v) is 1.68. The molecule has 0 amide bonds. The van der Waals surface area contributed by atoms with Gasteiger partial charge in [-0.1, -0.05) is 0 Å². The summed E-state index contributed by atoms with van der Waals surface area (Å²) in [5.74, 6) is -0.293. The van der Waals surface area contributed by atoms with Crippen molar-refractivity contribution in [2.45, 2.75) is 13.0 Å². The molecule has 1 aromatic heterocycles. The maximum Gasteiger partial charge on any atom is 0.145 e. The minimum atomic E-state index is -0.293. The van der Waals surface area contributed by atoms with Crippen LogP contribution in [0.15, 0.2) is 18.5 Å². The Morgan fingerprint density at radius 1 is 1.54 bits per heavy atom. The van der Waals surface area contributed by atoms with Crippen molar-refractivity contribution in [3.63, 3.8) is 0 Å². The number of halogens is 1. The number of rotatable bonds is 5. The molecule has 13 heavy (non-hydrogen) atoms. The molecule has 0 aromatic carbocycles. The minimum absolute atomic E-state index is 0.159. The molecule has 1 rings (SSSR count). The van der Waals surface area contributed by atoms with E-state index in [2.05, 4.69) is 10.3 Å². The topological polar surface area (TPSA) is 45.1 Å². The molecule has 0 bridgehead atoms. The number of aliphatic hydroxyl groups is 1. The minimum Gasteiger partial charge on any atom is -0.396 e. The average Bonchev–Trinajstić information content (AvgIpc) is 2.15. The van der Waals surface area contributed by atoms with Crippen LogP contribution in [0.4, 0.5) is 4.39 Å². The highest BCUT2D eigenvalue weighted by Gasteiger charge is 1.99. The highest BCUT2D eigenvalue weighted by atomic mass is 19.1. The molecule has 1 heterocycles. The molecule has 0 aliphatic heterocycles. The van der Waals surface area contributed by atoms with Gasteiger partial charge < -0.3 is 10.4 Å². The summed E-state index contributed by atoms with van der Waals surface area (Å²) in [6, 6.07) is 1.64. The van der Waals surface area contributed by atoms with Crippen molar-refractivity contribution in [2.75, 3.05) is 13.2 Å². The molecule has 0 atom stereocenters. The van der Waals surface area contributed by atoms with Gasteiger partial charge in [0, 0.05) is 24.9 Å². The van der Waals surface area contributed by atoms with Crippen molar-refractivity contribution in [2.24, 2.45) is 0 Å². The lowest BCUT2D eigenvalue weighted by Crippen LogP contribution is -2.16. The molecule has 4 heteroatoms. The third kappa shape index (κ3) is 3.48. The number of nitrogens with one attached hydrogen (secondary N) is 1. The standard InChI is InChI=1S/C9H13FN2O/c10-9-7-12-4-2-8(9)6-11-3-1-5-13/h2,4,7,11,13H,1,3,5-6H2. The van der Waals surface area contributed by atoms with E-state index < -0.39 is 0 Å². The van der Waals surface area contributed by atoms with E-state index in [0.29, 0.717) is 25.1 Å². The SMILES string of the molecule is OCCCNCc1ccncc1F. The Labute approximate surface area is 76.6 Å². The molecule has 0 aliphatic rings. The molecule has 0 fully saturated rings. The lowest BCUT2D eigenvalue weighted by Gasteiger charge is -2.03. The van der Waals surface area contributed by atoms with Crippen LogP contribution in [0.3, 0.4) is 0 Å². The van der Waals surface area contributed by atoms with Crippen molar-refractivity contribution in [3.8, 4) is 0 Å². The van der Waals surface area contributed by atoms with Gasteiger partial charge in [0.05, 0.1) is 6.20 Å². The molecule has 0 saturated heterocycles. The van der Waals surface area contributed by atoms with E-state index in [-0.39, 0.29) is 12.4 Å². The summed E-state index contributed by atoms with van der Waals surface area (Å²) in [6.45, 7) is 1.33. The summed E-state index contributed by atoms with van der Waals surface area (Å²) in [4.78, 5) is 3.65. The Morgan fingerprint density at radius 2 is 2.38 bits per heavy atom. The van der Waals surface area contributed by atoms with Crippen LogP contribution in [-0.2, 0) is 6.54 Å². The van der Waals surface area contributed by atoms with E-state index in [4.69, 9.17) is 5.11 Å². The molecule has 0 saturated carbocycles. The number of pyridine rings is 1. The van der Waals surface area contributed by atoms with Crippen molar-refractivity contribution in [1.82, 2.24) is 10.3 Å². The van der Waals surface area contributed by atoms with Crippen LogP contribution in [-0.4, -0.2) is 23.2 Å². The first kappa shape index (κ1) is 10.1. The van der Waals surface area contributed by atoms with Crippen LogP contribution in [0.2, 0.25) is 0 Å². The van der Waals surface area contributed by atoms with Crippen molar-refractivity contribution in [1.29, 1.82) is 0 Å². The van der Waals surface area contributed by atoms with Crippen LogP contribution >= 0.6 is 0 Å². The van der Waals surface area contributed by atoms with E-state index in [9.17, 15) is 4.39 Å². The Balaban J connectivity index is 2.32. The van der Waals surface area contributed by atoms with E-state index in [1.807, 2.05) is 0 Å². The van der Waals surface area contributed by atoms with Gasteiger partial charge in [-0.25, -0.2) is 4.39 Å². The molecule has 72 valence electrons. The van der Waals surface area contributed by atoms with Crippen LogP contribution in [0, 0.1) is 5.82 Å². The zero-order chi connectivity index (χ0) is 9.52. The maximum absolute atomic E-state index is 12.9. The van der Waals surface area contributed by atoms with Gasteiger partial charge in [-0.2, -0.15) is 0 Å². The van der Waals surface area contributed by atoms with Gasteiger partial charge in [0.2, 0.25) is 0 Å². The van der Waals surface area contributed by atoms with E-state index in [0.717, 1.165) is 0 Å². The predicted molar refractivity (Wildman–Crippen MR) is 47.6 cm³/mol. The van der Waals surface area contributed by atoms with Crippen molar-refractivity contribution < 1.29 is 9.50 Å². The summed E-state index contributed by atoms with van der Waals surface area (Å²) < 4.78 is 12.9. The fourth-order valence-electron chi connectivity index (χ4n) is 0.974. The molecule has 0 aliphatic carbocycles. The first-order chi connectivity index (χ1) is 6.34. The second-order valence-electron chi connectivity index (χ2n) is 2.72. The van der Waals surface area contributed by atoms with Crippen LogP contribution in [0.1, 0.15) is 12.0 Å². The monoisotopic (exact) mass is 184 g/mol. The van der Waals surface area contributed by atoms with Gasteiger partial charge in [0.1, 0.15) is 5.82 Å². The Morgan fingerprint density at radius 3 is 3.08 bits per heavy atom. The molecule has 3 nitrogen and oxygen atoms in total. The lowest BCUT2D eigenvalue weighted by molar-refractivity contribution is 0.286. The van der Waals surface area contributed by atoms with E-state index in [1.54, 1.807) is 12.3 Å². The zero-order valence-electron chi connectivity index (χ0n) is 7.33. The zero-order valence-corrected chi connectivity index (χ0v) is 7.33. The quantitative estimate of drug-likeness (QED) is 0.662. The second kappa shape index (κ2) is 5.61. The second-order valence-corrected chi connectivity index (χ2v) is 2.72. The Kier molecular flexibility index (Phi) is 4.35. The van der Waals surface area contributed by atoms with Gasteiger partial charge in [-0.15, -0.1) is 0 Å². The fraction of sp³-hybridized carbons (Fsp3) is 0.444. The van der Waals surface area contributed by atoms with Gasteiger partial charge in [0.25, 0.3) is 0 Å². The average molecular weight is 184 g/mol. The van der Waals surface area contributed by atoms with Gasteiger partial charge >= 0.3 is 0 Å². The highest BCUT2D eigenvalue weighted by molar-refractivity contribution is 5.11. The molecule has 0 radical (unpaired) electrons. The normalized spacial score (nSPS) is 10.3. The third-order valence-electron chi connectivity index (χ3n) is 1.68. The number of aromatic nitrogens is 1. The molecular formula is C9H13FN2O. The van der Waals surface area contributed by atoms with Gasteiger partial charge in [-0.3, -0.25) is 4.98 Å². The predicted octanol–water partition coefficient (Wildman–Crippen LogP) is 0.693. The summed E-state index contributed by atoms with van der Waals surface area (Å²) >= 11 is 0. The van der Waals surface area contributed by atoms with E-state index >= 15 is 0 Å². The Hall–Kier alpha value is -1.00. The fourth-order valence-corrected chi connectivity index (χ4v) is 0.974.